The van der Waals surface area contributed by atoms with Gasteiger partial charge in [0.2, 0.25) is 5.91 Å². The number of benzene rings is 3. The first-order valence-corrected chi connectivity index (χ1v) is 10.7. The van der Waals surface area contributed by atoms with Crippen molar-refractivity contribution in [3.63, 3.8) is 0 Å². The molecule has 168 valence electrons. The molecule has 1 atom stereocenters. The van der Waals surface area contributed by atoms with Gasteiger partial charge in [0.25, 0.3) is 0 Å². The molecule has 33 heavy (non-hydrogen) atoms. The summed E-state index contributed by atoms with van der Waals surface area (Å²) >= 11 is 5.84. The molecule has 0 spiro atoms. The second-order valence-corrected chi connectivity index (χ2v) is 8.09. The number of aromatic carboxylic acids is 1. The first-order chi connectivity index (χ1) is 15.8. The number of alkyl carbamates (subject to hydrolysis) is 1. The lowest BCUT2D eigenvalue weighted by atomic mass is 9.98. The predicted molar refractivity (Wildman–Crippen MR) is 125 cm³/mol. The minimum absolute atomic E-state index is 0.0605. The van der Waals surface area contributed by atoms with Crippen molar-refractivity contribution in [2.45, 2.75) is 18.9 Å². The lowest BCUT2D eigenvalue weighted by Crippen LogP contribution is -2.42. The highest BCUT2D eigenvalue weighted by atomic mass is 35.5. The number of carboxylic acid groups (broad SMARTS) is 1. The first-order valence-electron chi connectivity index (χ1n) is 10.3. The van der Waals surface area contributed by atoms with Gasteiger partial charge in [-0.2, -0.15) is 0 Å². The third-order valence-electron chi connectivity index (χ3n) is 5.54. The topological polar surface area (TPSA) is 105 Å². The highest BCUT2D eigenvalue weighted by Crippen LogP contribution is 2.44. The van der Waals surface area contributed by atoms with E-state index in [2.05, 4.69) is 10.6 Å². The van der Waals surface area contributed by atoms with E-state index in [-0.39, 0.29) is 28.8 Å². The third kappa shape index (κ3) is 4.68. The van der Waals surface area contributed by atoms with E-state index in [0.29, 0.717) is 0 Å². The molecule has 4 rings (SSSR count). The molecule has 3 aromatic carbocycles. The molecule has 0 bridgehead atoms. The van der Waals surface area contributed by atoms with Crippen LogP contribution in [0.5, 0.6) is 0 Å². The highest BCUT2D eigenvalue weighted by Gasteiger charge is 2.29. The van der Waals surface area contributed by atoms with E-state index in [1.807, 2.05) is 48.5 Å². The summed E-state index contributed by atoms with van der Waals surface area (Å²) in [6.45, 7) is 1.64. The molecule has 1 aliphatic rings. The van der Waals surface area contributed by atoms with Crippen molar-refractivity contribution in [1.82, 2.24) is 5.32 Å². The molecule has 0 aliphatic heterocycles. The molecule has 0 saturated heterocycles. The summed E-state index contributed by atoms with van der Waals surface area (Å²) in [5.41, 5.74) is 4.55. The van der Waals surface area contributed by atoms with Crippen LogP contribution in [-0.4, -0.2) is 35.7 Å². The fraction of sp³-hybridized carbons (Fsp3) is 0.160. The summed E-state index contributed by atoms with van der Waals surface area (Å²) in [7, 11) is 0. The Balaban J connectivity index is 1.36. The average molecular weight is 465 g/mol. The molecule has 0 aromatic heterocycles. The highest BCUT2D eigenvalue weighted by molar-refractivity contribution is 6.33. The number of carbonyl (C=O) groups is 3. The molecule has 0 unspecified atom stereocenters. The molecular weight excluding hydrogens is 444 g/mol. The van der Waals surface area contributed by atoms with E-state index in [9.17, 15) is 14.4 Å². The lowest BCUT2D eigenvalue weighted by molar-refractivity contribution is -0.117. The summed E-state index contributed by atoms with van der Waals surface area (Å²) in [5.74, 6) is -1.82. The SMILES string of the molecule is C[C@H](NC(=O)OCC1c2ccccc2-c2ccccc21)C(=O)Nc1ccc(Cl)c(C(=O)O)c1. The number of nitrogens with one attached hydrogen (secondary N) is 2. The van der Waals surface area contributed by atoms with E-state index in [0.717, 1.165) is 22.3 Å². The molecule has 3 aromatic rings. The van der Waals surface area contributed by atoms with Gasteiger partial charge in [0, 0.05) is 11.6 Å². The Morgan fingerprint density at radius 2 is 1.61 bits per heavy atom. The number of rotatable bonds is 6. The minimum atomic E-state index is -1.21. The Bertz CT molecular complexity index is 1200. The molecule has 0 heterocycles. The van der Waals surface area contributed by atoms with Crippen molar-refractivity contribution in [3.8, 4) is 11.1 Å². The number of hydrogen-bond acceptors (Lipinski definition) is 4. The quantitative estimate of drug-likeness (QED) is 0.481. The number of hydrogen-bond donors (Lipinski definition) is 3. The van der Waals surface area contributed by atoms with Crippen LogP contribution in [0.25, 0.3) is 11.1 Å². The third-order valence-corrected chi connectivity index (χ3v) is 5.87. The van der Waals surface area contributed by atoms with E-state index in [4.69, 9.17) is 21.4 Å². The van der Waals surface area contributed by atoms with Gasteiger partial charge in [0.15, 0.2) is 0 Å². The molecule has 3 N–H and O–H groups in total. The van der Waals surface area contributed by atoms with Gasteiger partial charge < -0.3 is 20.5 Å². The van der Waals surface area contributed by atoms with Gasteiger partial charge >= 0.3 is 12.1 Å². The summed E-state index contributed by atoms with van der Waals surface area (Å²) in [4.78, 5) is 36.0. The monoisotopic (exact) mass is 464 g/mol. The molecule has 0 radical (unpaired) electrons. The van der Waals surface area contributed by atoms with E-state index >= 15 is 0 Å². The Morgan fingerprint density at radius 3 is 2.21 bits per heavy atom. The zero-order valence-corrected chi connectivity index (χ0v) is 18.4. The number of ether oxygens (including phenoxy) is 1. The minimum Gasteiger partial charge on any atom is -0.478 e. The van der Waals surface area contributed by atoms with Crippen molar-refractivity contribution in [1.29, 1.82) is 0 Å². The van der Waals surface area contributed by atoms with Crippen LogP contribution >= 0.6 is 11.6 Å². The second-order valence-electron chi connectivity index (χ2n) is 7.68. The first kappa shape index (κ1) is 22.4. The molecule has 2 amide bonds. The van der Waals surface area contributed by atoms with Gasteiger partial charge in [-0.25, -0.2) is 9.59 Å². The Labute approximate surface area is 195 Å². The van der Waals surface area contributed by atoms with Crippen LogP contribution in [0.4, 0.5) is 10.5 Å². The van der Waals surface area contributed by atoms with Crippen molar-refractivity contribution in [2.24, 2.45) is 0 Å². The maximum absolute atomic E-state index is 12.4. The van der Waals surface area contributed by atoms with Crippen LogP contribution in [0.2, 0.25) is 5.02 Å². The number of anilines is 1. The fourth-order valence-corrected chi connectivity index (χ4v) is 4.10. The lowest BCUT2D eigenvalue weighted by Gasteiger charge is -2.17. The van der Waals surface area contributed by atoms with Gasteiger partial charge in [-0.15, -0.1) is 0 Å². The number of halogens is 1. The van der Waals surface area contributed by atoms with Crippen LogP contribution in [0.3, 0.4) is 0 Å². The van der Waals surface area contributed by atoms with Crippen molar-refractivity contribution >= 4 is 35.3 Å². The maximum Gasteiger partial charge on any atom is 0.407 e. The van der Waals surface area contributed by atoms with Crippen LogP contribution in [0.1, 0.15) is 34.3 Å². The zero-order valence-electron chi connectivity index (χ0n) is 17.7. The molecule has 8 heteroatoms. The van der Waals surface area contributed by atoms with E-state index in [1.165, 1.54) is 25.1 Å². The Morgan fingerprint density at radius 1 is 1.00 bits per heavy atom. The average Bonchev–Trinajstić information content (AvgIpc) is 3.12. The molecule has 7 nitrogen and oxygen atoms in total. The maximum atomic E-state index is 12.4. The number of carboxylic acids is 1. The standard InChI is InChI=1S/C25H21ClN2O5/c1-14(23(29)28-15-10-11-22(26)20(12-15)24(30)31)27-25(32)33-13-21-18-8-4-2-6-16(18)17-7-3-5-9-19(17)21/h2-12,14,21H,13H2,1H3,(H,27,32)(H,28,29)(H,30,31)/t14-/m0/s1. The zero-order chi connectivity index (χ0) is 23.5. The van der Waals surface area contributed by atoms with Crippen LogP contribution in [0.15, 0.2) is 66.7 Å². The largest absolute Gasteiger partial charge is 0.478 e. The Hall–Kier alpha value is -3.84. The van der Waals surface area contributed by atoms with Crippen molar-refractivity contribution in [3.05, 3.63) is 88.4 Å². The number of carbonyl (C=O) groups excluding carboxylic acids is 2. The van der Waals surface area contributed by atoms with E-state index in [1.54, 1.807) is 0 Å². The van der Waals surface area contributed by atoms with Gasteiger partial charge in [-0.05, 0) is 47.4 Å². The Kier molecular flexibility index (Phi) is 6.33. The summed E-state index contributed by atoms with van der Waals surface area (Å²) in [5, 5.41) is 14.3. The smallest absolute Gasteiger partial charge is 0.407 e. The molecule has 1 aliphatic carbocycles. The molecule has 0 saturated carbocycles. The van der Waals surface area contributed by atoms with Gasteiger partial charge in [0.05, 0.1) is 10.6 Å². The van der Waals surface area contributed by atoms with Crippen LogP contribution < -0.4 is 10.6 Å². The number of amides is 2. The summed E-state index contributed by atoms with van der Waals surface area (Å²) < 4.78 is 5.45. The fourth-order valence-electron chi connectivity index (χ4n) is 3.90. The molecule has 0 fully saturated rings. The second kappa shape index (κ2) is 9.34. The number of fused-ring (bicyclic) bond motifs is 3. The van der Waals surface area contributed by atoms with Gasteiger partial charge in [-0.3, -0.25) is 4.79 Å². The van der Waals surface area contributed by atoms with Crippen molar-refractivity contribution < 1.29 is 24.2 Å². The summed E-state index contributed by atoms with van der Waals surface area (Å²) in [6, 6.07) is 19.2. The van der Waals surface area contributed by atoms with Crippen molar-refractivity contribution in [2.75, 3.05) is 11.9 Å². The van der Waals surface area contributed by atoms with E-state index < -0.39 is 24.0 Å². The van der Waals surface area contributed by atoms with Gasteiger partial charge in [0.1, 0.15) is 12.6 Å². The van der Waals surface area contributed by atoms with Crippen LogP contribution in [0, 0.1) is 0 Å². The normalized spacial score (nSPS) is 12.9. The predicted octanol–water partition coefficient (Wildman–Crippen LogP) is 4.90. The van der Waals surface area contributed by atoms with Gasteiger partial charge in [-0.1, -0.05) is 60.1 Å². The summed E-state index contributed by atoms with van der Waals surface area (Å²) in [6.07, 6.45) is -0.721. The molecular formula is C25H21ClN2O5. The van der Waals surface area contributed by atoms with Crippen LogP contribution in [-0.2, 0) is 9.53 Å².